The van der Waals surface area contributed by atoms with Crippen LogP contribution in [0.25, 0.3) is 0 Å². The summed E-state index contributed by atoms with van der Waals surface area (Å²) in [5.41, 5.74) is -0.247. The molecule has 0 spiro atoms. The smallest absolute Gasteiger partial charge is 0.340 e. The fourth-order valence-electron chi connectivity index (χ4n) is 2.63. The lowest BCUT2D eigenvalue weighted by atomic mass is 10.0. The van der Waals surface area contributed by atoms with Gasteiger partial charge in [-0.2, -0.15) is 0 Å². The Labute approximate surface area is 111 Å². The number of carbonyl (C=O) groups is 1. The Kier molecular flexibility index (Phi) is 3.49. The van der Waals surface area contributed by atoms with Crippen molar-refractivity contribution in [1.82, 2.24) is 0 Å². The van der Waals surface area contributed by atoms with E-state index >= 15 is 0 Å². The van der Waals surface area contributed by atoms with E-state index in [2.05, 4.69) is 0 Å². The summed E-state index contributed by atoms with van der Waals surface area (Å²) in [7, 11) is 0. The zero-order chi connectivity index (χ0) is 14.2. The van der Waals surface area contributed by atoms with Crippen LogP contribution in [0.3, 0.4) is 0 Å². The van der Waals surface area contributed by atoms with Crippen molar-refractivity contribution >= 4 is 11.7 Å². The molecule has 1 heterocycles. The van der Waals surface area contributed by atoms with E-state index in [4.69, 9.17) is 4.74 Å². The fourth-order valence-corrected chi connectivity index (χ4v) is 2.63. The van der Waals surface area contributed by atoms with E-state index in [1.54, 1.807) is 6.07 Å². The third kappa shape index (κ3) is 2.87. The van der Waals surface area contributed by atoms with Gasteiger partial charge in [-0.05, 0) is 32.9 Å². The molecule has 1 aliphatic rings. The minimum absolute atomic E-state index is 0.0336. The average molecular weight is 267 g/mol. The summed E-state index contributed by atoms with van der Waals surface area (Å²) in [4.78, 5) is 13.1. The molecule has 104 valence electrons. The van der Waals surface area contributed by atoms with Gasteiger partial charge in [0.15, 0.2) is 0 Å². The lowest BCUT2D eigenvalue weighted by molar-refractivity contribution is -0.0750. The highest BCUT2D eigenvalue weighted by molar-refractivity contribution is 5.94. The molecule has 1 aromatic rings. The third-order valence-electron chi connectivity index (χ3n) is 3.12. The van der Waals surface area contributed by atoms with E-state index < -0.39 is 11.8 Å². The highest BCUT2D eigenvalue weighted by atomic mass is 19.1. The number of morpholine rings is 1. The highest BCUT2D eigenvalue weighted by Crippen LogP contribution is 2.29. The Morgan fingerprint density at radius 1 is 1.53 bits per heavy atom. The van der Waals surface area contributed by atoms with Gasteiger partial charge in [-0.1, -0.05) is 6.07 Å². The van der Waals surface area contributed by atoms with E-state index in [9.17, 15) is 14.3 Å². The van der Waals surface area contributed by atoms with Crippen molar-refractivity contribution in [2.24, 2.45) is 0 Å². The van der Waals surface area contributed by atoms with Crippen LogP contribution in [0, 0.1) is 5.82 Å². The van der Waals surface area contributed by atoms with Gasteiger partial charge in [-0.25, -0.2) is 9.18 Å². The number of hydrogen-bond donors (Lipinski definition) is 1. The average Bonchev–Trinajstić information content (AvgIpc) is 2.25. The first-order valence-electron chi connectivity index (χ1n) is 6.25. The number of hydrogen-bond acceptors (Lipinski definition) is 3. The number of carboxylic acids is 1. The minimum atomic E-state index is -1.25. The molecule has 0 amide bonds. The van der Waals surface area contributed by atoms with Crippen molar-refractivity contribution in [1.29, 1.82) is 0 Å². The lowest BCUT2D eigenvalue weighted by Gasteiger charge is -2.43. The summed E-state index contributed by atoms with van der Waals surface area (Å²) in [5.74, 6) is -1.95. The van der Waals surface area contributed by atoms with Crippen LogP contribution >= 0.6 is 0 Å². The normalized spacial score (nSPS) is 22.3. The molecule has 1 atom stereocenters. The van der Waals surface area contributed by atoms with Crippen LogP contribution in [0.15, 0.2) is 18.2 Å². The van der Waals surface area contributed by atoms with Gasteiger partial charge in [0.25, 0.3) is 0 Å². The largest absolute Gasteiger partial charge is 0.478 e. The van der Waals surface area contributed by atoms with E-state index in [0.717, 1.165) is 0 Å². The first-order valence-corrected chi connectivity index (χ1v) is 6.25. The molecule has 1 aliphatic heterocycles. The molecule has 1 fully saturated rings. The second kappa shape index (κ2) is 4.81. The zero-order valence-corrected chi connectivity index (χ0v) is 11.3. The van der Waals surface area contributed by atoms with Gasteiger partial charge < -0.3 is 14.7 Å². The fraction of sp³-hybridized carbons (Fsp3) is 0.500. The van der Waals surface area contributed by atoms with Crippen molar-refractivity contribution in [3.05, 3.63) is 29.6 Å². The number of carboxylic acid groups (broad SMARTS) is 1. The second-order valence-electron chi connectivity index (χ2n) is 5.51. The molecule has 0 radical (unpaired) electrons. The summed E-state index contributed by atoms with van der Waals surface area (Å²) in [5, 5.41) is 9.18. The van der Waals surface area contributed by atoms with E-state index in [1.165, 1.54) is 12.1 Å². The van der Waals surface area contributed by atoms with Crippen molar-refractivity contribution in [3.63, 3.8) is 0 Å². The molecular weight excluding hydrogens is 249 g/mol. The van der Waals surface area contributed by atoms with Gasteiger partial charge in [0.1, 0.15) is 11.4 Å². The van der Waals surface area contributed by atoms with Crippen LogP contribution < -0.4 is 4.90 Å². The van der Waals surface area contributed by atoms with Gasteiger partial charge in [-0.3, -0.25) is 0 Å². The molecule has 5 heteroatoms. The molecule has 19 heavy (non-hydrogen) atoms. The Morgan fingerprint density at radius 3 is 2.79 bits per heavy atom. The molecule has 0 aromatic heterocycles. The van der Waals surface area contributed by atoms with E-state index in [0.29, 0.717) is 18.8 Å². The monoisotopic (exact) mass is 267 g/mol. The van der Waals surface area contributed by atoms with Crippen molar-refractivity contribution < 1.29 is 19.0 Å². The number of rotatable bonds is 2. The Morgan fingerprint density at radius 2 is 2.21 bits per heavy atom. The predicted octanol–water partition coefficient (Wildman–Crippen LogP) is 2.53. The first kappa shape index (κ1) is 13.8. The molecule has 0 saturated carbocycles. The minimum Gasteiger partial charge on any atom is -0.478 e. The Hall–Kier alpha value is -1.62. The van der Waals surface area contributed by atoms with Gasteiger partial charge in [0.05, 0.1) is 17.4 Å². The number of anilines is 1. The third-order valence-corrected chi connectivity index (χ3v) is 3.12. The molecule has 1 saturated heterocycles. The van der Waals surface area contributed by atoms with Crippen molar-refractivity contribution in [2.75, 3.05) is 18.0 Å². The van der Waals surface area contributed by atoms with Crippen molar-refractivity contribution in [2.45, 2.75) is 32.5 Å². The number of nitrogens with zero attached hydrogens (tertiary/aromatic N) is 1. The summed E-state index contributed by atoms with van der Waals surface area (Å²) in [6, 6.07) is 4.34. The number of benzene rings is 1. The van der Waals surface area contributed by atoms with Crippen molar-refractivity contribution in [3.8, 4) is 0 Å². The molecule has 0 aliphatic carbocycles. The number of ether oxygens (including phenoxy) is 1. The second-order valence-corrected chi connectivity index (χ2v) is 5.51. The molecule has 1 N–H and O–H groups in total. The van der Waals surface area contributed by atoms with Crippen LogP contribution in [0.2, 0.25) is 0 Å². The van der Waals surface area contributed by atoms with Crippen LogP contribution in [0.4, 0.5) is 10.1 Å². The summed E-state index contributed by atoms with van der Waals surface area (Å²) in [6.45, 7) is 6.88. The lowest BCUT2D eigenvalue weighted by Crippen LogP contribution is -2.52. The zero-order valence-electron chi connectivity index (χ0n) is 11.3. The maximum Gasteiger partial charge on any atom is 0.340 e. The summed E-state index contributed by atoms with van der Waals surface area (Å²) < 4.78 is 19.5. The van der Waals surface area contributed by atoms with Gasteiger partial charge in [0.2, 0.25) is 0 Å². The van der Waals surface area contributed by atoms with Crippen LogP contribution in [-0.4, -0.2) is 35.9 Å². The summed E-state index contributed by atoms with van der Waals surface area (Å²) >= 11 is 0. The molecule has 1 aromatic carbocycles. The molecule has 0 bridgehead atoms. The Balaban J connectivity index is 2.41. The molecular formula is C14H18FNO3. The number of halogens is 1. The van der Waals surface area contributed by atoms with E-state index in [-0.39, 0.29) is 17.3 Å². The maximum atomic E-state index is 13.7. The standard InChI is InChI=1S/C14H18FNO3/c1-9-7-16(8-14(2,3)19-9)11-6-4-5-10(15)12(11)13(17)18/h4-6,9H,7-8H2,1-3H3,(H,17,18). The molecule has 1 unspecified atom stereocenters. The van der Waals surface area contributed by atoms with Crippen LogP contribution in [0.5, 0.6) is 0 Å². The summed E-state index contributed by atoms with van der Waals surface area (Å²) in [6.07, 6.45) is -0.0336. The van der Waals surface area contributed by atoms with Gasteiger partial charge >= 0.3 is 5.97 Å². The maximum absolute atomic E-state index is 13.7. The molecule has 4 nitrogen and oxygen atoms in total. The topological polar surface area (TPSA) is 49.8 Å². The first-order chi connectivity index (χ1) is 8.80. The van der Waals surface area contributed by atoms with Crippen LogP contribution in [0.1, 0.15) is 31.1 Å². The quantitative estimate of drug-likeness (QED) is 0.894. The molecule has 2 rings (SSSR count). The SMILES string of the molecule is CC1CN(c2cccc(F)c2C(=O)O)CC(C)(C)O1. The number of aromatic carboxylic acids is 1. The van der Waals surface area contributed by atoms with Gasteiger partial charge in [0, 0.05) is 13.1 Å². The van der Waals surface area contributed by atoms with Crippen LogP contribution in [-0.2, 0) is 4.74 Å². The van der Waals surface area contributed by atoms with E-state index in [1.807, 2.05) is 25.7 Å². The predicted molar refractivity (Wildman–Crippen MR) is 70.2 cm³/mol. The van der Waals surface area contributed by atoms with Gasteiger partial charge in [-0.15, -0.1) is 0 Å². The highest BCUT2D eigenvalue weighted by Gasteiger charge is 2.33. The Bertz CT molecular complexity index is 501.